The zero-order chi connectivity index (χ0) is 64.1. The average molecular weight is 1410 g/mol. The van der Waals surface area contributed by atoms with Crippen LogP contribution in [0.2, 0.25) is 24.9 Å². The van der Waals surface area contributed by atoms with Crippen LogP contribution in [0.25, 0.3) is 11.3 Å². The van der Waals surface area contributed by atoms with Crippen molar-refractivity contribution >= 4 is 61.2 Å². The van der Waals surface area contributed by atoms with Gasteiger partial charge in [-0.25, -0.2) is 23.7 Å². The molecule has 0 fully saturated rings. The number of ether oxygens (including phenoxy) is 4. The third-order valence-electron chi connectivity index (χ3n) is 12.9. The molecule has 0 unspecified atom stereocenters. The Balaban J connectivity index is 0.000000198. The molecule has 0 aliphatic rings. The van der Waals surface area contributed by atoms with Crippen molar-refractivity contribution in [2.45, 2.75) is 54.8 Å². The van der Waals surface area contributed by atoms with Crippen molar-refractivity contribution in [3.63, 3.8) is 0 Å². The van der Waals surface area contributed by atoms with Crippen molar-refractivity contribution in [3.05, 3.63) is 259 Å². The predicted molar refractivity (Wildman–Crippen MR) is 336 cm³/mol. The standard InChI is InChI=1S/C30H22ClFN6O4.C25H19BrClN5O4.C5H3FN.3CH3.Sn/c1-18-28(42-25-10-20(13-33)9-21(31)11-25)30(40)37(17-35-18)16-23-12-26(27-8-5-22(32)14-34-27)29(39)38(36-23)15-19-3-6-24(41-2)7-4-19;1-15-23(36-21-8-17(11-28)7-18(27)9-21)25(34)31(14-29-15)13-19-10-22(26)24(33)32(30-19)12-16-3-5-20(35-2)6-4-16;6-5-2-1-3-7-4-5;;;;/h3-12,14,17H,15-16H2,1-2H3;3-10,14H,12-13H2,1-2H3;1-2,4H;3*1H3;. The summed E-state index contributed by atoms with van der Waals surface area (Å²) in [6, 6.07) is 36.3. The molecule has 0 bridgehead atoms. The van der Waals surface area contributed by atoms with Gasteiger partial charge in [-0.05, 0) is 126 Å². The second kappa shape index (κ2) is 29.5. The molecule has 10 rings (SSSR count). The summed E-state index contributed by atoms with van der Waals surface area (Å²) in [6.07, 6.45) is 5.06. The van der Waals surface area contributed by atoms with Gasteiger partial charge < -0.3 is 18.9 Å². The van der Waals surface area contributed by atoms with E-state index < -0.39 is 40.9 Å². The fraction of sp³-hybridized carbons (Fsp3) is 0.175. The van der Waals surface area contributed by atoms with E-state index in [2.05, 4.69) is 60.9 Å². The molecule has 0 saturated heterocycles. The number of methoxy groups -OCH3 is 2. The van der Waals surface area contributed by atoms with Crippen LogP contribution in [0, 0.1) is 48.1 Å². The van der Waals surface area contributed by atoms with Crippen LogP contribution in [-0.2, 0) is 26.2 Å². The van der Waals surface area contributed by atoms with Crippen molar-refractivity contribution in [3.8, 4) is 57.9 Å². The molecule has 10 aromatic rings. The molecule has 0 saturated carbocycles. The normalized spacial score (nSPS) is 10.8. The first-order valence-electron chi connectivity index (χ1n) is 26.8. The molecule has 0 N–H and O–H groups in total. The van der Waals surface area contributed by atoms with Crippen LogP contribution in [0.1, 0.15) is 45.0 Å². The van der Waals surface area contributed by atoms with Gasteiger partial charge in [0.2, 0.25) is 11.5 Å². The van der Waals surface area contributed by atoms with Gasteiger partial charge in [-0.2, -0.15) is 20.7 Å². The number of aryl methyl sites for hydroxylation is 2. The van der Waals surface area contributed by atoms with Gasteiger partial charge in [-0.15, -0.1) is 0 Å². The van der Waals surface area contributed by atoms with E-state index in [-0.39, 0.29) is 82.4 Å². The topological polar surface area (TPSA) is 250 Å². The molecular weight excluding hydrogens is 1360 g/mol. The second-order valence-electron chi connectivity index (χ2n) is 20.6. The number of halogens is 5. The zero-order valence-electron chi connectivity index (χ0n) is 48.7. The Bertz CT molecular complexity index is 4560. The molecule has 0 radical (unpaired) electrons. The molecule has 20 nitrogen and oxygen atoms in total. The van der Waals surface area contributed by atoms with E-state index in [9.17, 15) is 33.2 Å². The van der Waals surface area contributed by atoms with Crippen molar-refractivity contribution in [1.29, 1.82) is 10.5 Å². The Hall–Kier alpha value is -9.40. The first-order valence-corrected chi connectivity index (χ1v) is 38.3. The van der Waals surface area contributed by atoms with Gasteiger partial charge in [-0.3, -0.25) is 33.3 Å². The second-order valence-corrected chi connectivity index (χ2v) is 36.6. The van der Waals surface area contributed by atoms with Gasteiger partial charge in [0, 0.05) is 10.0 Å². The fourth-order valence-electron chi connectivity index (χ4n) is 8.39. The summed E-state index contributed by atoms with van der Waals surface area (Å²) in [6.45, 7) is 3.58. The van der Waals surface area contributed by atoms with Gasteiger partial charge in [0.25, 0.3) is 22.2 Å². The fourth-order valence-corrected chi connectivity index (χ4v) is 12.3. The molecule has 4 aromatic carbocycles. The molecule has 6 heterocycles. The number of rotatable bonds is 16. The van der Waals surface area contributed by atoms with E-state index in [0.717, 1.165) is 21.0 Å². The molecule has 0 spiro atoms. The molecule has 0 amide bonds. The predicted octanol–water partition coefficient (Wildman–Crippen LogP) is 10.8. The average Bonchev–Trinajstić information content (AvgIpc) is 1.65. The Morgan fingerprint density at radius 2 is 0.989 bits per heavy atom. The van der Waals surface area contributed by atoms with Crippen LogP contribution in [-0.4, -0.2) is 81.2 Å². The third-order valence-corrected chi connectivity index (χ3v) is 19.2. The van der Waals surface area contributed by atoms with Gasteiger partial charge in [0.05, 0.1) is 121 Å². The molecule has 26 heteroatoms. The Kier molecular flexibility index (Phi) is 21.8. The quantitative estimate of drug-likeness (QED) is 0.0816. The maximum absolute atomic E-state index is 13.6. The summed E-state index contributed by atoms with van der Waals surface area (Å²) in [5.41, 5.74) is 2.42. The summed E-state index contributed by atoms with van der Waals surface area (Å²) in [7, 11) is 3.14. The van der Waals surface area contributed by atoms with E-state index in [1.807, 2.05) is 30.3 Å². The van der Waals surface area contributed by atoms with Crippen LogP contribution in [0.3, 0.4) is 0 Å². The monoisotopic (exact) mass is 1410 g/mol. The number of nitriles is 2. The number of hydrogen-bond donors (Lipinski definition) is 0. The minimum atomic E-state index is -2.02. The summed E-state index contributed by atoms with van der Waals surface area (Å²) in [5, 5.41) is 27.9. The SMILES string of the molecule is COc1ccc(Cn2nc(Cn3cnc(C)c(Oc4cc(Cl)cc(C#N)c4)c3=O)cc(-c3ccc(F)cn3)c2=O)cc1.COc1ccc(Cn2nc(Cn3cnc(C)c(Oc4cc(Cl)cc(C#N)c4)c3=O)cc(Br)c2=O)cc1.[CH3][Sn]([CH3])([CH3])[c]1ccc(F)cn1. The van der Waals surface area contributed by atoms with Crippen molar-refractivity contribution in [2.24, 2.45) is 0 Å². The van der Waals surface area contributed by atoms with Gasteiger partial charge >= 0.3 is 70.4 Å². The van der Waals surface area contributed by atoms with Gasteiger partial charge in [-0.1, -0.05) is 47.5 Å². The van der Waals surface area contributed by atoms with E-state index in [0.29, 0.717) is 49.3 Å². The number of hydrogen-bond acceptors (Lipinski definition) is 16. The third kappa shape index (κ3) is 17.4. The molecule has 89 heavy (non-hydrogen) atoms. The van der Waals surface area contributed by atoms with E-state index in [1.165, 1.54) is 98.0 Å². The van der Waals surface area contributed by atoms with E-state index in [4.69, 9.17) is 47.4 Å². The Morgan fingerprint density at radius 3 is 1.40 bits per heavy atom. The summed E-state index contributed by atoms with van der Waals surface area (Å²) < 4.78 is 54.6. The van der Waals surface area contributed by atoms with Crippen molar-refractivity contribution in [2.75, 3.05) is 14.2 Å². The van der Waals surface area contributed by atoms with Crippen LogP contribution < -0.4 is 44.9 Å². The Labute approximate surface area is 530 Å². The molecule has 6 aromatic heterocycles. The van der Waals surface area contributed by atoms with Gasteiger partial charge in [0.15, 0.2) is 0 Å². The maximum atomic E-state index is 13.6. The van der Waals surface area contributed by atoms with Crippen LogP contribution in [0.15, 0.2) is 170 Å². The number of benzene rings is 4. The van der Waals surface area contributed by atoms with Crippen molar-refractivity contribution in [1.82, 2.24) is 48.6 Å². The first-order chi connectivity index (χ1) is 42.5. The van der Waals surface area contributed by atoms with Crippen molar-refractivity contribution < 1.29 is 27.7 Å². The zero-order valence-corrected chi connectivity index (χ0v) is 54.7. The number of aromatic nitrogens is 10. The summed E-state index contributed by atoms with van der Waals surface area (Å²) in [5.74, 6) is 0.962. The van der Waals surface area contributed by atoms with E-state index in [1.54, 1.807) is 70.5 Å². The summed E-state index contributed by atoms with van der Waals surface area (Å²) >= 11 is 13.4. The first kappa shape index (κ1) is 65.6. The molecule has 0 aliphatic heterocycles. The molecule has 452 valence electrons. The number of pyridine rings is 2. The summed E-state index contributed by atoms with van der Waals surface area (Å²) in [4.78, 5) is 76.2. The van der Waals surface area contributed by atoms with Crippen LogP contribution in [0.5, 0.6) is 34.5 Å². The van der Waals surface area contributed by atoms with E-state index >= 15 is 0 Å². The molecular formula is C63H53BrCl2F2N12O8Sn. The van der Waals surface area contributed by atoms with Gasteiger partial charge in [0.1, 0.15) is 28.8 Å². The van der Waals surface area contributed by atoms with Crippen LogP contribution in [0.4, 0.5) is 8.78 Å². The molecule has 0 atom stereocenters. The minimum absolute atomic E-state index is 0.00530. The Morgan fingerprint density at radius 1 is 0.539 bits per heavy atom. The number of nitrogens with zero attached hydrogens (tertiary/aromatic N) is 12. The van der Waals surface area contributed by atoms with Crippen LogP contribution >= 0.6 is 39.1 Å². The molecule has 0 aliphatic carbocycles.